The number of pyridine rings is 1. The highest BCUT2D eigenvalue weighted by Crippen LogP contribution is 2.30. The summed E-state index contributed by atoms with van der Waals surface area (Å²) in [4.78, 5) is 5.95. The molecule has 1 aliphatic heterocycles. The molecule has 2 aromatic rings. The number of halogens is 2. The molecule has 0 bridgehead atoms. The summed E-state index contributed by atoms with van der Waals surface area (Å²) < 4.78 is 27.2. The summed E-state index contributed by atoms with van der Waals surface area (Å²) in [6.45, 7) is 3.24. The zero-order valence-electron chi connectivity index (χ0n) is 11.2. The summed E-state index contributed by atoms with van der Waals surface area (Å²) in [5.41, 5.74) is 0.886. The highest BCUT2D eigenvalue weighted by atomic mass is 19.1. The monoisotopic (exact) mass is 278 g/mol. The van der Waals surface area contributed by atoms with E-state index in [1.54, 1.807) is 6.07 Å². The second kappa shape index (κ2) is 4.98. The molecule has 1 saturated heterocycles. The molecule has 0 saturated carbocycles. The highest BCUT2D eigenvalue weighted by molar-refractivity contribution is 5.92. The van der Waals surface area contributed by atoms with Crippen molar-refractivity contribution < 1.29 is 13.9 Å². The molecular weight excluding hydrogens is 262 g/mol. The molecule has 3 rings (SSSR count). The molecule has 1 aliphatic rings. The van der Waals surface area contributed by atoms with Gasteiger partial charge in [0.2, 0.25) is 0 Å². The van der Waals surface area contributed by atoms with Gasteiger partial charge in [-0.1, -0.05) is 6.92 Å². The van der Waals surface area contributed by atoms with E-state index in [2.05, 4.69) is 4.98 Å². The number of piperidine rings is 1. The zero-order valence-corrected chi connectivity index (χ0v) is 11.2. The van der Waals surface area contributed by atoms with Crippen molar-refractivity contribution >= 4 is 16.6 Å². The quantitative estimate of drug-likeness (QED) is 0.871. The average molecular weight is 278 g/mol. The van der Waals surface area contributed by atoms with E-state index in [0.29, 0.717) is 11.9 Å². The van der Waals surface area contributed by atoms with E-state index in [-0.39, 0.29) is 11.4 Å². The summed E-state index contributed by atoms with van der Waals surface area (Å²) in [5.74, 6) is -1.03. The summed E-state index contributed by atoms with van der Waals surface area (Å²) in [7, 11) is 0. The fourth-order valence-electron chi connectivity index (χ4n) is 2.71. The van der Waals surface area contributed by atoms with Crippen molar-refractivity contribution in [2.75, 3.05) is 18.0 Å². The van der Waals surface area contributed by atoms with Crippen LogP contribution in [-0.4, -0.2) is 29.3 Å². The number of hydrogen-bond donors (Lipinski definition) is 1. The Kier molecular flexibility index (Phi) is 3.30. The molecule has 2 atom stereocenters. The SMILES string of the molecule is CC1CCN(c2ccnc3c(F)cc(F)cc23)CC1O. The molecule has 0 amide bonds. The van der Waals surface area contributed by atoms with Crippen molar-refractivity contribution in [3.8, 4) is 0 Å². The third kappa shape index (κ3) is 2.22. The third-order valence-corrected chi connectivity index (χ3v) is 4.00. The van der Waals surface area contributed by atoms with Crippen LogP contribution >= 0.6 is 0 Å². The van der Waals surface area contributed by atoms with Crippen LogP contribution in [0, 0.1) is 17.6 Å². The van der Waals surface area contributed by atoms with Crippen LogP contribution in [-0.2, 0) is 0 Å². The van der Waals surface area contributed by atoms with Crippen molar-refractivity contribution in [3.63, 3.8) is 0 Å². The number of hydrogen-bond acceptors (Lipinski definition) is 3. The van der Waals surface area contributed by atoms with Gasteiger partial charge in [-0.25, -0.2) is 8.78 Å². The van der Waals surface area contributed by atoms with Gasteiger partial charge in [0.25, 0.3) is 0 Å². The molecule has 5 heteroatoms. The molecule has 20 heavy (non-hydrogen) atoms. The van der Waals surface area contributed by atoms with E-state index in [1.165, 1.54) is 12.3 Å². The molecule has 1 N–H and O–H groups in total. The number of nitrogens with zero attached hydrogens (tertiary/aromatic N) is 2. The first-order valence-corrected chi connectivity index (χ1v) is 6.73. The fourth-order valence-corrected chi connectivity index (χ4v) is 2.71. The number of aliphatic hydroxyl groups excluding tert-OH is 1. The van der Waals surface area contributed by atoms with Gasteiger partial charge in [-0.15, -0.1) is 0 Å². The molecule has 1 aromatic carbocycles. The number of anilines is 1. The van der Waals surface area contributed by atoms with Crippen LogP contribution in [0.4, 0.5) is 14.5 Å². The lowest BCUT2D eigenvalue weighted by atomic mass is 9.95. The Hall–Kier alpha value is -1.75. The van der Waals surface area contributed by atoms with Gasteiger partial charge in [0.15, 0.2) is 5.82 Å². The van der Waals surface area contributed by atoms with Crippen LogP contribution in [0.15, 0.2) is 24.4 Å². The number of rotatable bonds is 1. The van der Waals surface area contributed by atoms with Crippen LogP contribution in [0.3, 0.4) is 0 Å². The first kappa shape index (κ1) is 13.2. The van der Waals surface area contributed by atoms with Crippen LogP contribution < -0.4 is 4.90 Å². The van der Waals surface area contributed by atoms with Gasteiger partial charge in [0.1, 0.15) is 11.3 Å². The van der Waals surface area contributed by atoms with Gasteiger partial charge in [-0.05, 0) is 24.5 Å². The Labute approximate surface area is 115 Å². The number of benzene rings is 1. The third-order valence-electron chi connectivity index (χ3n) is 4.00. The second-order valence-corrected chi connectivity index (χ2v) is 5.39. The molecule has 0 spiro atoms. The van der Waals surface area contributed by atoms with Crippen molar-refractivity contribution in [2.24, 2.45) is 5.92 Å². The van der Waals surface area contributed by atoms with Crippen LogP contribution in [0.25, 0.3) is 10.9 Å². The minimum absolute atomic E-state index is 0.164. The Balaban J connectivity index is 2.08. The normalized spacial score (nSPS) is 23.3. The lowest BCUT2D eigenvalue weighted by molar-refractivity contribution is 0.103. The molecule has 2 unspecified atom stereocenters. The van der Waals surface area contributed by atoms with Crippen molar-refractivity contribution in [1.29, 1.82) is 0 Å². The average Bonchev–Trinajstić information content (AvgIpc) is 2.41. The lowest BCUT2D eigenvalue weighted by Crippen LogP contribution is -2.43. The number of aromatic nitrogens is 1. The maximum absolute atomic E-state index is 13.8. The predicted molar refractivity (Wildman–Crippen MR) is 73.7 cm³/mol. The molecular formula is C15H16F2N2O. The van der Waals surface area contributed by atoms with Gasteiger partial charge in [-0.3, -0.25) is 4.98 Å². The number of β-amino-alcohol motifs (C(OH)–C–C–N with tert-alkyl or cyclic N) is 1. The van der Waals surface area contributed by atoms with Gasteiger partial charge >= 0.3 is 0 Å². The topological polar surface area (TPSA) is 36.4 Å². The minimum Gasteiger partial charge on any atom is -0.391 e. The van der Waals surface area contributed by atoms with Gasteiger partial charge < -0.3 is 10.0 Å². The van der Waals surface area contributed by atoms with Crippen LogP contribution in [0.1, 0.15) is 13.3 Å². The molecule has 1 aromatic heterocycles. The van der Waals surface area contributed by atoms with Crippen LogP contribution in [0.2, 0.25) is 0 Å². The summed E-state index contributed by atoms with van der Waals surface area (Å²) in [6, 6.07) is 3.88. The van der Waals surface area contributed by atoms with Gasteiger partial charge in [0, 0.05) is 36.4 Å². The lowest BCUT2D eigenvalue weighted by Gasteiger charge is -2.36. The smallest absolute Gasteiger partial charge is 0.152 e. The van der Waals surface area contributed by atoms with Crippen molar-refractivity contribution in [2.45, 2.75) is 19.4 Å². The van der Waals surface area contributed by atoms with Crippen LogP contribution in [0.5, 0.6) is 0 Å². The number of fused-ring (bicyclic) bond motifs is 1. The van der Waals surface area contributed by atoms with E-state index in [1.807, 2.05) is 11.8 Å². The van der Waals surface area contributed by atoms with Crippen molar-refractivity contribution in [1.82, 2.24) is 4.98 Å². The molecule has 3 nitrogen and oxygen atoms in total. The Morgan fingerprint density at radius 3 is 2.90 bits per heavy atom. The Morgan fingerprint density at radius 1 is 1.35 bits per heavy atom. The van der Waals surface area contributed by atoms with E-state index in [9.17, 15) is 13.9 Å². The second-order valence-electron chi connectivity index (χ2n) is 5.39. The Bertz CT molecular complexity index is 647. The molecule has 106 valence electrons. The molecule has 0 aliphatic carbocycles. The fraction of sp³-hybridized carbons (Fsp3) is 0.400. The van der Waals surface area contributed by atoms with Crippen molar-refractivity contribution in [3.05, 3.63) is 36.0 Å². The predicted octanol–water partition coefficient (Wildman–Crippen LogP) is 2.72. The Morgan fingerprint density at radius 2 is 2.15 bits per heavy atom. The van der Waals surface area contributed by atoms with E-state index < -0.39 is 17.7 Å². The maximum atomic E-state index is 13.8. The zero-order chi connectivity index (χ0) is 14.3. The summed E-state index contributed by atoms with van der Waals surface area (Å²) in [6.07, 6.45) is 1.94. The number of aliphatic hydroxyl groups is 1. The van der Waals surface area contributed by atoms with Gasteiger partial charge in [-0.2, -0.15) is 0 Å². The summed E-state index contributed by atoms with van der Waals surface area (Å²) >= 11 is 0. The highest BCUT2D eigenvalue weighted by Gasteiger charge is 2.25. The first-order chi connectivity index (χ1) is 9.56. The van der Waals surface area contributed by atoms with E-state index >= 15 is 0 Å². The summed E-state index contributed by atoms with van der Waals surface area (Å²) in [5, 5.41) is 10.4. The minimum atomic E-state index is -0.659. The molecule has 1 fully saturated rings. The first-order valence-electron chi connectivity index (χ1n) is 6.73. The molecule has 2 heterocycles. The van der Waals surface area contributed by atoms with Gasteiger partial charge in [0.05, 0.1) is 6.10 Å². The van der Waals surface area contributed by atoms with E-state index in [4.69, 9.17) is 0 Å². The maximum Gasteiger partial charge on any atom is 0.152 e. The largest absolute Gasteiger partial charge is 0.391 e. The molecule has 0 radical (unpaired) electrons. The van der Waals surface area contributed by atoms with E-state index in [0.717, 1.165) is 24.7 Å². The standard InChI is InChI=1S/C15H16F2N2O/c1-9-3-5-19(8-14(9)20)13-2-4-18-15-11(13)6-10(16)7-12(15)17/h2,4,6-7,9,14,20H,3,5,8H2,1H3.